The molecule has 0 saturated heterocycles. The van der Waals surface area contributed by atoms with Gasteiger partial charge >= 0.3 is 0 Å². The molecule has 0 aliphatic carbocycles. The van der Waals surface area contributed by atoms with Gasteiger partial charge < -0.3 is 15.0 Å². The highest BCUT2D eigenvalue weighted by Crippen LogP contribution is 2.30. The average molecular weight is 379 g/mol. The van der Waals surface area contributed by atoms with Crippen LogP contribution in [0.3, 0.4) is 0 Å². The van der Waals surface area contributed by atoms with E-state index in [1.807, 2.05) is 60.9 Å². The van der Waals surface area contributed by atoms with E-state index in [0.717, 1.165) is 38.6 Å². The molecule has 0 saturated carbocycles. The lowest BCUT2D eigenvalue weighted by Gasteiger charge is -2.15. The molecule has 4 rings (SSSR count). The minimum absolute atomic E-state index is 0.208. The molecular weight excluding hydrogens is 360 g/mol. The number of ether oxygens (including phenoxy) is 1. The maximum Gasteiger partial charge on any atom is 0.137 e. The summed E-state index contributed by atoms with van der Waals surface area (Å²) in [6, 6.07) is 15.7. The average Bonchev–Trinajstić information content (AvgIpc) is 3.13. The van der Waals surface area contributed by atoms with Crippen molar-refractivity contribution in [2.24, 2.45) is 0 Å². The molecule has 0 fully saturated rings. The normalized spacial score (nSPS) is 12.2. The Morgan fingerprint density at radius 3 is 2.70 bits per heavy atom. The number of benzene rings is 1. The second-order valence-corrected chi connectivity index (χ2v) is 6.65. The van der Waals surface area contributed by atoms with Crippen LogP contribution in [0.25, 0.3) is 11.0 Å². The monoisotopic (exact) mass is 378 g/mol. The first kappa shape index (κ1) is 17.5. The summed E-state index contributed by atoms with van der Waals surface area (Å²) in [4.78, 5) is 12.1. The number of methoxy groups -OCH3 is 1. The van der Waals surface area contributed by atoms with Gasteiger partial charge in [-0.1, -0.05) is 29.8 Å². The van der Waals surface area contributed by atoms with E-state index < -0.39 is 0 Å². The topological polar surface area (TPSA) is 62.8 Å². The molecule has 0 aliphatic rings. The lowest BCUT2D eigenvalue weighted by atomic mass is 10.0. The summed E-state index contributed by atoms with van der Waals surface area (Å²) in [7, 11) is 1.70. The van der Waals surface area contributed by atoms with Crippen LogP contribution in [0.5, 0.6) is 0 Å². The van der Waals surface area contributed by atoms with Crippen LogP contribution in [0.15, 0.2) is 67.1 Å². The van der Waals surface area contributed by atoms with Crippen molar-refractivity contribution in [3.63, 3.8) is 0 Å². The minimum atomic E-state index is -0.208. The third-order valence-corrected chi connectivity index (χ3v) is 4.73. The molecule has 1 atom stereocenters. The lowest BCUT2D eigenvalue weighted by molar-refractivity contribution is 0.137. The van der Waals surface area contributed by atoms with Crippen LogP contribution in [-0.2, 0) is 11.3 Å². The number of fused-ring (bicyclic) bond motifs is 1. The molecule has 0 radical (unpaired) electrons. The number of rotatable bonds is 6. The third kappa shape index (κ3) is 3.79. The standard InChI is InChI=1S/C21H19ClN4O/c1-27-20(18-13-26-21-17(18)3-2-10-23-21)15-6-9-19(25-12-15)24-11-14-4-7-16(22)8-5-14/h2-10,12-13,20H,11H2,1H3,(H,23,26)(H,24,25). The fraction of sp³-hybridized carbons (Fsp3) is 0.143. The molecule has 4 aromatic rings. The first-order chi connectivity index (χ1) is 13.2. The fourth-order valence-electron chi connectivity index (χ4n) is 3.10. The molecule has 5 nitrogen and oxygen atoms in total. The van der Waals surface area contributed by atoms with E-state index >= 15 is 0 Å². The van der Waals surface area contributed by atoms with Gasteiger partial charge in [0.25, 0.3) is 0 Å². The number of pyridine rings is 2. The van der Waals surface area contributed by atoms with Gasteiger partial charge in [-0.2, -0.15) is 0 Å². The predicted molar refractivity (Wildman–Crippen MR) is 108 cm³/mol. The van der Waals surface area contributed by atoms with Gasteiger partial charge in [-0.25, -0.2) is 9.97 Å². The molecule has 3 heterocycles. The highest BCUT2D eigenvalue weighted by atomic mass is 35.5. The number of hydrogen-bond donors (Lipinski definition) is 2. The number of anilines is 1. The van der Waals surface area contributed by atoms with Crippen LogP contribution >= 0.6 is 11.6 Å². The van der Waals surface area contributed by atoms with Crippen molar-refractivity contribution < 1.29 is 4.74 Å². The number of hydrogen-bond acceptors (Lipinski definition) is 4. The summed E-state index contributed by atoms with van der Waals surface area (Å²) in [5.74, 6) is 0.809. The van der Waals surface area contributed by atoms with Crippen LogP contribution in [0.2, 0.25) is 5.02 Å². The third-order valence-electron chi connectivity index (χ3n) is 4.48. The van der Waals surface area contributed by atoms with E-state index in [1.165, 1.54) is 0 Å². The van der Waals surface area contributed by atoms with Crippen molar-refractivity contribution in [2.45, 2.75) is 12.6 Å². The van der Waals surface area contributed by atoms with Crippen molar-refractivity contribution in [1.82, 2.24) is 15.0 Å². The minimum Gasteiger partial charge on any atom is -0.372 e. The second-order valence-electron chi connectivity index (χ2n) is 6.22. The summed E-state index contributed by atoms with van der Waals surface area (Å²) in [6.07, 6.45) is 5.35. The van der Waals surface area contributed by atoms with Gasteiger partial charge in [0.15, 0.2) is 0 Å². The summed E-state index contributed by atoms with van der Waals surface area (Å²) >= 11 is 5.92. The van der Waals surface area contributed by atoms with Crippen LogP contribution in [0, 0.1) is 0 Å². The fourth-order valence-corrected chi connectivity index (χ4v) is 3.22. The van der Waals surface area contributed by atoms with Crippen molar-refractivity contribution >= 4 is 28.5 Å². The van der Waals surface area contributed by atoms with E-state index in [-0.39, 0.29) is 6.10 Å². The highest BCUT2D eigenvalue weighted by Gasteiger charge is 2.18. The van der Waals surface area contributed by atoms with Crippen molar-refractivity contribution in [2.75, 3.05) is 12.4 Å². The molecule has 1 aromatic carbocycles. The number of nitrogens with one attached hydrogen (secondary N) is 2. The molecule has 3 aromatic heterocycles. The Morgan fingerprint density at radius 2 is 1.96 bits per heavy atom. The highest BCUT2D eigenvalue weighted by molar-refractivity contribution is 6.30. The molecular formula is C21H19ClN4O. The predicted octanol–water partition coefficient (Wildman–Crippen LogP) is 4.96. The molecule has 27 heavy (non-hydrogen) atoms. The molecule has 0 spiro atoms. The lowest BCUT2D eigenvalue weighted by Crippen LogP contribution is -2.05. The molecule has 2 N–H and O–H groups in total. The Hall–Kier alpha value is -2.89. The Bertz CT molecular complexity index is 1030. The van der Waals surface area contributed by atoms with Gasteiger partial charge in [0, 0.05) is 53.8 Å². The van der Waals surface area contributed by atoms with E-state index in [4.69, 9.17) is 16.3 Å². The SMILES string of the molecule is COC(c1ccc(NCc2ccc(Cl)cc2)nc1)c1c[nH]c2ncccc12. The van der Waals surface area contributed by atoms with Gasteiger partial charge in [0.05, 0.1) is 0 Å². The molecule has 0 amide bonds. The van der Waals surface area contributed by atoms with Crippen LogP contribution in [0.4, 0.5) is 5.82 Å². The Kier molecular flexibility index (Phi) is 5.05. The zero-order valence-corrected chi connectivity index (χ0v) is 15.6. The van der Waals surface area contributed by atoms with Crippen LogP contribution in [0.1, 0.15) is 22.8 Å². The van der Waals surface area contributed by atoms with E-state index in [9.17, 15) is 0 Å². The maximum absolute atomic E-state index is 5.92. The Morgan fingerprint density at radius 1 is 1.11 bits per heavy atom. The number of halogens is 1. The van der Waals surface area contributed by atoms with E-state index in [2.05, 4.69) is 20.3 Å². The summed E-state index contributed by atoms with van der Waals surface area (Å²) in [5, 5.41) is 5.10. The smallest absolute Gasteiger partial charge is 0.137 e. The number of aromatic amines is 1. The number of H-pyrrole nitrogens is 1. The molecule has 0 bridgehead atoms. The Balaban J connectivity index is 1.51. The molecule has 1 unspecified atom stereocenters. The van der Waals surface area contributed by atoms with Gasteiger partial charge in [-0.15, -0.1) is 0 Å². The summed E-state index contributed by atoms with van der Waals surface area (Å²) < 4.78 is 5.75. The first-order valence-electron chi connectivity index (χ1n) is 8.63. The zero-order chi connectivity index (χ0) is 18.6. The molecule has 6 heteroatoms. The first-order valence-corrected chi connectivity index (χ1v) is 9.01. The van der Waals surface area contributed by atoms with Crippen molar-refractivity contribution in [3.05, 3.63) is 88.8 Å². The van der Waals surface area contributed by atoms with E-state index in [0.29, 0.717) is 6.54 Å². The van der Waals surface area contributed by atoms with E-state index in [1.54, 1.807) is 13.3 Å². The Labute approximate surface area is 162 Å². The molecule has 0 aliphatic heterocycles. The number of aromatic nitrogens is 3. The van der Waals surface area contributed by atoms with Crippen molar-refractivity contribution in [3.8, 4) is 0 Å². The summed E-state index contributed by atoms with van der Waals surface area (Å²) in [5.41, 5.74) is 4.03. The molecule has 136 valence electrons. The second kappa shape index (κ2) is 7.78. The quantitative estimate of drug-likeness (QED) is 0.497. The largest absolute Gasteiger partial charge is 0.372 e. The number of nitrogens with zero attached hydrogens (tertiary/aromatic N) is 2. The summed E-state index contributed by atoms with van der Waals surface area (Å²) in [6.45, 7) is 0.686. The van der Waals surface area contributed by atoms with Crippen LogP contribution in [-0.4, -0.2) is 22.1 Å². The van der Waals surface area contributed by atoms with Gasteiger partial charge in [-0.05, 0) is 35.9 Å². The zero-order valence-electron chi connectivity index (χ0n) is 14.8. The maximum atomic E-state index is 5.92. The van der Waals surface area contributed by atoms with Gasteiger partial charge in [-0.3, -0.25) is 0 Å². The van der Waals surface area contributed by atoms with Crippen LogP contribution < -0.4 is 5.32 Å². The van der Waals surface area contributed by atoms with Gasteiger partial charge in [0.1, 0.15) is 17.6 Å². The van der Waals surface area contributed by atoms with Crippen molar-refractivity contribution in [1.29, 1.82) is 0 Å². The van der Waals surface area contributed by atoms with Gasteiger partial charge in [0.2, 0.25) is 0 Å².